The number of alkyl carbamates (subject to hydrolysis) is 1. The van der Waals surface area contributed by atoms with Crippen molar-refractivity contribution in [1.82, 2.24) is 5.32 Å². The monoisotopic (exact) mass is 410 g/mol. The van der Waals surface area contributed by atoms with Crippen LogP contribution in [0.15, 0.2) is 54.6 Å². The Morgan fingerprint density at radius 1 is 1.21 bits per heavy atom. The fourth-order valence-electron chi connectivity index (χ4n) is 2.67. The number of benzene rings is 2. The van der Waals surface area contributed by atoms with Crippen molar-refractivity contribution in [3.05, 3.63) is 65.7 Å². The number of ether oxygens (including phenoxy) is 1. The van der Waals surface area contributed by atoms with E-state index >= 15 is 0 Å². The summed E-state index contributed by atoms with van der Waals surface area (Å²) in [5.41, 5.74) is -0.981. The minimum absolute atomic E-state index is 0.0896. The van der Waals surface area contributed by atoms with Crippen molar-refractivity contribution in [2.24, 2.45) is 0 Å². The van der Waals surface area contributed by atoms with Crippen LogP contribution in [0.25, 0.3) is 0 Å². The Morgan fingerprint density at radius 3 is 2.61 bits per heavy atom. The zero-order valence-corrected chi connectivity index (χ0v) is 15.6. The van der Waals surface area contributed by atoms with E-state index in [9.17, 15) is 22.8 Å². The van der Waals surface area contributed by atoms with E-state index in [1.54, 1.807) is 6.92 Å². The Hall–Kier alpha value is -2.68. The number of alkyl halides is 3. The molecule has 0 aliphatic carbocycles. The summed E-state index contributed by atoms with van der Waals surface area (Å²) in [6.45, 7) is 1.77. The molecule has 1 saturated heterocycles. The van der Waals surface area contributed by atoms with Crippen molar-refractivity contribution in [2.75, 3.05) is 10.8 Å². The zero-order valence-electron chi connectivity index (χ0n) is 14.8. The van der Waals surface area contributed by atoms with Crippen molar-refractivity contribution >= 4 is 29.4 Å². The molecule has 2 aromatic rings. The molecule has 0 radical (unpaired) electrons. The van der Waals surface area contributed by atoms with Gasteiger partial charge in [-0.25, -0.2) is 4.79 Å². The molecule has 2 aromatic carbocycles. The van der Waals surface area contributed by atoms with Gasteiger partial charge in [0.2, 0.25) is 5.44 Å². The van der Waals surface area contributed by atoms with Gasteiger partial charge in [0.25, 0.3) is 5.91 Å². The lowest BCUT2D eigenvalue weighted by Crippen LogP contribution is -2.35. The van der Waals surface area contributed by atoms with Gasteiger partial charge in [0, 0.05) is 5.69 Å². The second kappa shape index (κ2) is 8.14. The number of rotatable bonds is 4. The highest BCUT2D eigenvalue weighted by molar-refractivity contribution is 8.01. The van der Waals surface area contributed by atoms with Crippen molar-refractivity contribution in [3.63, 3.8) is 0 Å². The van der Waals surface area contributed by atoms with Crippen LogP contribution in [0.3, 0.4) is 0 Å². The molecule has 0 aromatic heterocycles. The molecule has 0 saturated carbocycles. The van der Waals surface area contributed by atoms with Crippen molar-refractivity contribution in [3.8, 4) is 0 Å². The minimum atomic E-state index is -4.50. The summed E-state index contributed by atoms with van der Waals surface area (Å²) < 4.78 is 43.8. The predicted molar refractivity (Wildman–Crippen MR) is 99.6 cm³/mol. The summed E-state index contributed by atoms with van der Waals surface area (Å²) in [7, 11) is 0. The van der Waals surface area contributed by atoms with Gasteiger partial charge in [-0.1, -0.05) is 48.2 Å². The van der Waals surface area contributed by atoms with Crippen LogP contribution in [0.5, 0.6) is 0 Å². The molecule has 1 aliphatic heterocycles. The van der Waals surface area contributed by atoms with Crippen molar-refractivity contribution in [2.45, 2.75) is 24.6 Å². The molecule has 28 heavy (non-hydrogen) atoms. The smallest absolute Gasteiger partial charge is 0.416 e. The maximum absolute atomic E-state index is 12.9. The molecule has 1 heterocycles. The normalized spacial score (nSPS) is 18.1. The van der Waals surface area contributed by atoms with Gasteiger partial charge in [-0.3, -0.25) is 9.69 Å². The molecule has 148 valence electrons. The third-order valence-corrected chi connectivity index (χ3v) is 5.16. The van der Waals surface area contributed by atoms with E-state index in [0.29, 0.717) is 0 Å². The van der Waals surface area contributed by atoms with Gasteiger partial charge in [0.05, 0.1) is 17.5 Å². The molecule has 1 N–H and O–H groups in total. The number of hydrogen-bond acceptors (Lipinski definition) is 4. The van der Waals surface area contributed by atoms with Crippen LogP contribution in [0.4, 0.5) is 23.7 Å². The Kier molecular flexibility index (Phi) is 5.83. The third kappa shape index (κ3) is 4.59. The second-order valence-electron chi connectivity index (χ2n) is 6.12. The molecule has 5 nitrogen and oxygen atoms in total. The van der Waals surface area contributed by atoms with Crippen molar-refractivity contribution < 1.29 is 27.5 Å². The van der Waals surface area contributed by atoms with E-state index in [1.165, 1.54) is 17.0 Å². The van der Waals surface area contributed by atoms with E-state index in [-0.39, 0.29) is 17.6 Å². The third-order valence-electron chi connectivity index (χ3n) is 4.16. The summed E-state index contributed by atoms with van der Waals surface area (Å²) in [6.07, 6.45) is -5.27. The Labute approximate surface area is 163 Å². The molecule has 2 amide bonds. The molecule has 1 aliphatic rings. The van der Waals surface area contributed by atoms with Gasteiger partial charge in [0.15, 0.2) is 0 Å². The largest absolute Gasteiger partial charge is 0.425 e. The summed E-state index contributed by atoms with van der Waals surface area (Å²) >= 11 is 1.03. The molecule has 0 spiro atoms. The fraction of sp³-hybridized carbons (Fsp3) is 0.263. The summed E-state index contributed by atoms with van der Waals surface area (Å²) in [5.74, 6) is -0.487. The first kappa shape index (κ1) is 20.1. The summed E-state index contributed by atoms with van der Waals surface area (Å²) in [4.78, 5) is 25.7. The Bertz CT molecular complexity index is 861. The van der Waals surface area contributed by atoms with Crippen molar-refractivity contribution in [1.29, 1.82) is 0 Å². The molecular weight excluding hydrogens is 393 g/mol. The van der Waals surface area contributed by atoms with E-state index in [4.69, 9.17) is 4.74 Å². The lowest BCUT2D eigenvalue weighted by molar-refractivity contribution is -0.137. The molecule has 1 fully saturated rings. The number of carbonyl (C=O) groups is 2. The standard InChI is InChI=1S/C19H17F3N2O3S/c1-12(13-6-3-2-4-7-13)23-18(26)27-17-16(25)24(11-28-17)15-9-5-8-14(10-15)19(20,21)22/h2-10,12,17H,11H2,1H3,(H,23,26)/t12-,17?/m0/s1. The van der Waals surface area contributed by atoms with E-state index in [2.05, 4.69) is 5.32 Å². The minimum Gasteiger partial charge on any atom is -0.425 e. The Balaban J connectivity index is 1.62. The number of hydrogen-bond donors (Lipinski definition) is 1. The van der Waals surface area contributed by atoms with Gasteiger partial charge in [-0.05, 0) is 30.7 Å². The molecule has 3 rings (SSSR count). The Morgan fingerprint density at radius 2 is 1.93 bits per heavy atom. The quantitative estimate of drug-likeness (QED) is 0.803. The van der Waals surface area contributed by atoms with Crippen LogP contribution in [-0.4, -0.2) is 23.3 Å². The highest BCUT2D eigenvalue weighted by Crippen LogP contribution is 2.35. The first-order valence-corrected chi connectivity index (χ1v) is 9.43. The van der Waals surface area contributed by atoms with Gasteiger partial charge >= 0.3 is 12.3 Å². The lowest BCUT2D eigenvalue weighted by Gasteiger charge is -2.18. The molecule has 0 bridgehead atoms. The van der Waals surface area contributed by atoms with E-state index in [0.717, 1.165) is 29.5 Å². The lowest BCUT2D eigenvalue weighted by atomic mass is 10.1. The highest BCUT2D eigenvalue weighted by Gasteiger charge is 2.38. The van der Waals surface area contributed by atoms with Crippen LogP contribution < -0.4 is 10.2 Å². The molecule has 2 atom stereocenters. The summed E-state index contributed by atoms with van der Waals surface area (Å²) in [5, 5.41) is 2.63. The average molecular weight is 410 g/mol. The SMILES string of the molecule is C[C@H](NC(=O)OC1SCN(c2cccc(C(F)(F)F)c2)C1=O)c1ccccc1. The summed E-state index contributed by atoms with van der Waals surface area (Å²) in [6, 6.07) is 13.4. The molecule has 9 heteroatoms. The molecular formula is C19H17F3N2O3S. The van der Waals surface area contributed by atoms with Gasteiger partial charge in [-0.2, -0.15) is 13.2 Å². The highest BCUT2D eigenvalue weighted by atomic mass is 32.2. The average Bonchev–Trinajstić information content (AvgIpc) is 3.02. The van der Waals surface area contributed by atoms with E-state index in [1.807, 2.05) is 30.3 Å². The number of amides is 2. The number of thioether (sulfide) groups is 1. The van der Waals surface area contributed by atoms with Crippen LogP contribution in [0, 0.1) is 0 Å². The number of nitrogens with zero attached hydrogens (tertiary/aromatic N) is 1. The van der Waals surface area contributed by atoms with Gasteiger partial charge < -0.3 is 10.1 Å². The van der Waals surface area contributed by atoms with E-state index < -0.39 is 29.2 Å². The topological polar surface area (TPSA) is 58.6 Å². The van der Waals surface area contributed by atoms with Gasteiger partial charge in [-0.15, -0.1) is 0 Å². The zero-order chi connectivity index (χ0) is 20.3. The second-order valence-corrected chi connectivity index (χ2v) is 7.14. The van der Waals surface area contributed by atoms with Crippen LogP contribution >= 0.6 is 11.8 Å². The first-order valence-electron chi connectivity index (χ1n) is 8.38. The molecule has 1 unspecified atom stereocenters. The maximum Gasteiger partial charge on any atom is 0.416 e. The first-order chi connectivity index (χ1) is 13.3. The van der Waals surface area contributed by atoms with Crippen LogP contribution in [-0.2, 0) is 15.7 Å². The fourth-order valence-corrected chi connectivity index (χ4v) is 3.66. The number of nitrogens with one attached hydrogen (secondary N) is 1. The van der Waals surface area contributed by atoms with Gasteiger partial charge in [0.1, 0.15) is 0 Å². The number of anilines is 1. The number of halogens is 3. The predicted octanol–water partition coefficient (Wildman–Crippen LogP) is 4.56. The maximum atomic E-state index is 12.9. The van der Waals surface area contributed by atoms with Crippen LogP contribution in [0.1, 0.15) is 24.1 Å². The van der Waals surface area contributed by atoms with Crippen LogP contribution in [0.2, 0.25) is 0 Å². The number of carbonyl (C=O) groups excluding carboxylic acids is 2.